The molecule has 2 aliphatic rings. The van der Waals surface area contributed by atoms with Gasteiger partial charge < -0.3 is 15.4 Å². The first-order chi connectivity index (χ1) is 18.9. The minimum absolute atomic E-state index is 0.0944. The molecule has 0 atom stereocenters. The lowest BCUT2D eigenvalue weighted by molar-refractivity contribution is -0.114. The Morgan fingerprint density at radius 2 is 2.08 bits per heavy atom. The lowest BCUT2D eigenvalue weighted by atomic mass is 9.95. The number of benzene rings is 1. The zero-order valence-electron chi connectivity index (χ0n) is 22.2. The molecule has 2 N–H and O–H groups in total. The van der Waals surface area contributed by atoms with Crippen molar-refractivity contribution < 1.29 is 14.3 Å². The molecule has 0 radical (unpaired) electrons. The van der Waals surface area contributed by atoms with Gasteiger partial charge in [-0.1, -0.05) is 35.9 Å². The predicted molar refractivity (Wildman–Crippen MR) is 155 cm³/mol. The Morgan fingerprint density at radius 1 is 1.28 bits per heavy atom. The summed E-state index contributed by atoms with van der Waals surface area (Å²) in [6.45, 7) is 4.85. The van der Waals surface area contributed by atoms with Crippen LogP contribution in [0, 0.1) is 0 Å². The van der Waals surface area contributed by atoms with Gasteiger partial charge in [0.05, 0.1) is 32.7 Å². The van der Waals surface area contributed by atoms with Gasteiger partial charge in [-0.2, -0.15) is 5.10 Å². The number of hydrogen-bond acceptors (Lipinski definition) is 7. The zero-order chi connectivity index (χ0) is 27.5. The number of nitrogens with one attached hydrogen (secondary N) is 2. The first-order valence-corrected chi connectivity index (χ1v) is 14.3. The number of nitrogens with zero attached hydrogens (tertiary/aromatic N) is 4. The molecule has 1 aliphatic heterocycles. The maximum absolute atomic E-state index is 12.9. The smallest absolute Gasteiger partial charge is 0.251 e. The molecule has 2 aromatic heterocycles. The monoisotopic (exact) mass is 566 g/mol. The SMILES string of the molecule is CC/C=C(\C=NC)c1nn(-c2ccc(C(=O)NC3CCOCC3)cc2Cl)c2c1CCc1nc(NC(C)=O)sc1-2. The minimum Gasteiger partial charge on any atom is -0.381 e. The third-order valence-electron chi connectivity index (χ3n) is 6.75. The first kappa shape index (κ1) is 27.2. The van der Waals surface area contributed by atoms with E-state index in [-0.39, 0.29) is 17.9 Å². The van der Waals surface area contributed by atoms with Gasteiger partial charge in [-0.25, -0.2) is 9.67 Å². The second-order valence-electron chi connectivity index (χ2n) is 9.54. The fourth-order valence-electron chi connectivity index (χ4n) is 4.98. The van der Waals surface area contributed by atoms with Crippen molar-refractivity contribution in [1.82, 2.24) is 20.1 Å². The molecule has 3 heterocycles. The Morgan fingerprint density at radius 3 is 2.77 bits per heavy atom. The summed E-state index contributed by atoms with van der Waals surface area (Å²) < 4.78 is 7.23. The lowest BCUT2D eigenvalue weighted by Crippen LogP contribution is -2.38. The lowest BCUT2D eigenvalue weighted by Gasteiger charge is -2.23. The van der Waals surface area contributed by atoms with Crippen LogP contribution in [-0.4, -0.2) is 59.1 Å². The van der Waals surface area contributed by atoms with Gasteiger partial charge in [-0.15, -0.1) is 0 Å². The highest BCUT2D eigenvalue weighted by molar-refractivity contribution is 7.19. The highest BCUT2D eigenvalue weighted by Crippen LogP contribution is 2.43. The van der Waals surface area contributed by atoms with E-state index in [1.54, 1.807) is 19.2 Å². The Bertz CT molecular complexity index is 1470. The number of rotatable bonds is 7. The highest BCUT2D eigenvalue weighted by atomic mass is 35.5. The van der Waals surface area contributed by atoms with E-state index in [2.05, 4.69) is 33.6 Å². The molecular weight excluding hydrogens is 536 g/mol. The van der Waals surface area contributed by atoms with Gasteiger partial charge in [-0.3, -0.25) is 14.6 Å². The second-order valence-corrected chi connectivity index (χ2v) is 11.0. The van der Waals surface area contributed by atoms with Gasteiger partial charge in [0.1, 0.15) is 0 Å². The molecule has 3 aromatic rings. The highest BCUT2D eigenvalue weighted by Gasteiger charge is 2.31. The normalized spacial score (nSPS) is 15.7. The van der Waals surface area contributed by atoms with Crippen LogP contribution in [0.1, 0.15) is 60.4 Å². The van der Waals surface area contributed by atoms with Crippen molar-refractivity contribution in [3.8, 4) is 16.3 Å². The first-order valence-electron chi connectivity index (χ1n) is 13.1. The van der Waals surface area contributed by atoms with Crippen LogP contribution in [0.3, 0.4) is 0 Å². The molecule has 1 saturated heterocycles. The number of aliphatic imine (C=N–C) groups is 1. The number of aromatic nitrogens is 3. The third kappa shape index (κ3) is 5.68. The van der Waals surface area contributed by atoms with Crippen LogP contribution in [0.25, 0.3) is 21.8 Å². The van der Waals surface area contributed by atoms with Crippen LogP contribution in [0.15, 0.2) is 29.3 Å². The van der Waals surface area contributed by atoms with E-state index in [4.69, 9.17) is 21.4 Å². The molecule has 11 heteroatoms. The molecule has 1 aromatic carbocycles. The van der Waals surface area contributed by atoms with Gasteiger partial charge in [0.25, 0.3) is 5.91 Å². The van der Waals surface area contributed by atoms with Crippen molar-refractivity contribution in [2.24, 2.45) is 4.99 Å². The van der Waals surface area contributed by atoms with Crippen molar-refractivity contribution in [3.63, 3.8) is 0 Å². The Balaban J connectivity index is 1.59. The van der Waals surface area contributed by atoms with Gasteiger partial charge >= 0.3 is 0 Å². The minimum atomic E-state index is -0.166. The molecule has 1 fully saturated rings. The number of thiazole rings is 1. The van der Waals surface area contributed by atoms with Gasteiger partial charge in [0.15, 0.2) is 5.13 Å². The summed E-state index contributed by atoms with van der Waals surface area (Å²) in [6.07, 6.45) is 7.84. The average molecular weight is 567 g/mol. The molecule has 0 spiro atoms. The average Bonchev–Trinajstić information content (AvgIpc) is 3.49. The molecule has 1 aliphatic carbocycles. The maximum atomic E-state index is 12.9. The van der Waals surface area contributed by atoms with Crippen LogP contribution in [0.4, 0.5) is 5.13 Å². The van der Waals surface area contributed by atoms with Crippen molar-refractivity contribution in [2.45, 2.75) is 52.0 Å². The summed E-state index contributed by atoms with van der Waals surface area (Å²) >= 11 is 8.26. The Labute approximate surface area is 236 Å². The summed E-state index contributed by atoms with van der Waals surface area (Å²) in [7, 11) is 1.74. The van der Waals surface area contributed by atoms with E-state index in [1.165, 1.54) is 18.3 Å². The van der Waals surface area contributed by atoms with Gasteiger partial charge in [0.2, 0.25) is 5.91 Å². The zero-order valence-corrected chi connectivity index (χ0v) is 23.8. The number of fused-ring (bicyclic) bond motifs is 3. The largest absolute Gasteiger partial charge is 0.381 e. The van der Waals surface area contributed by atoms with Crippen LogP contribution in [0.2, 0.25) is 5.02 Å². The molecular formula is C28H31ClN6O3S. The van der Waals surface area contributed by atoms with Crippen LogP contribution in [-0.2, 0) is 22.4 Å². The number of aryl methyl sites for hydroxylation is 1. The van der Waals surface area contributed by atoms with Crippen molar-refractivity contribution in [2.75, 3.05) is 25.6 Å². The van der Waals surface area contributed by atoms with Crippen LogP contribution < -0.4 is 10.6 Å². The molecule has 9 nitrogen and oxygen atoms in total. The third-order valence-corrected chi connectivity index (χ3v) is 8.07. The van der Waals surface area contributed by atoms with Crippen molar-refractivity contribution in [1.29, 1.82) is 0 Å². The summed E-state index contributed by atoms with van der Waals surface area (Å²) in [5, 5.41) is 11.9. The van der Waals surface area contributed by atoms with E-state index < -0.39 is 0 Å². The van der Waals surface area contributed by atoms with E-state index in [9.17, 15) is 9.59 Å². The van der Waals surface area contributed by atoms with E-state index >= 15 is 0 Å². The second kappa shape index (κ2) is 11.8. The number of carbonyl (C=O) groups is 2. The summed E-state index contributed by atoms with van der Waals surface area (Å²) in [4.78, 5) is 34.5. The van der Waals surface area contributed by atoms with Gasteiger partial charge in [-0.05, 0) is 50.3 Å². The number of carbonyl (C=O) groups excluding carboxylic acids is 2. The van der Waals surface area contributed by atoms with Crippen LogP contribution >= 0.6 is 22.9 Å². The molecule has 0 unspecified atom stereocenters. The van der Waals surface area contributed by atoms with Crippen molar-refractivity contribution >= 4 is 51.7 Å². The van der Waals surface area contributed by atoms with E-state index in [0.29, 0.717) is 34.6 Å². The summed E-state index contributed by atoms with van der Waals surface area (Å²) in [5.41, 5.74) is 5.83. The maximum Gasteiger partial charge on any atom is 0.251 e. The Kier molecular flexibility index (Phi) is 8.25. The number of amides is 2. The fourth-order valence-corrected chi connectivity index (χ4v) is 6.36. The molecule has 5 rings (SSSR count). The van der Waals surface area contributed by atoms with E-state index in [1.807, 2.05) is 17.0 Å². The number of halogens is 1. The fraction of sp³-hybridized carbons (Fsp3) is 0.393. The molecule has 0 bridgehead atoms. The number of hydrogen-bond donors (Lipinski definition) is 2. The molecule has 204 valence electrons. The number of anilines is 1. The number of allylic oxidation sites excluding steroid dienone is 2. The van der Waals surface area contributed by atoms with E-state index in [0.717, 1.165) is 65.2 Å². The molecule has 39 heavy (non-hydrogen) atoms. The Hall–Kier alpha value is -3.34. The number of ether oxygens (including phenoxy) is 1. The predicted octanol–water partition coefficient (Wildman–Crippen LogP) is 5.11. The molecule has 0 saturated carbocycles. The van der Waals surface area contributed by atoms with Gasteiger partial charge in [0, 0.05) is 56.1 Å². The standard InChI is InChI=1S/C28H31ClN6O3S/c1-4-5-18(15-30-3)24-20-7-8-22-26(39-28(33-22)31-16(2)36)25(20)35(34-24)23-9-6-17(14-21(23)29)27(37)32-19-10-12-38-13-11-19/h5-6,9,14-15,19H,4,7-8,10-13H2,1-3H3,(H,32,37)(H,31,33,36)/b18-5+,30-15?. The quantitative estimate of drug-likeness (QED) is 0.386. The summed E-state index contributed by atoms with van der Waals surface area (Å²) in [6, 6.07) is 5.39. The molecule has 2 amide bonds. The van der Waals surface area contributed by atoms with Crippen molar-refractivity contribution in [3.05, 3.63) is 51.8 Å². The summed E-state index contributed by atoms with van der Waals surface area (Å²) in [5.74, 6) is -0.323. The van der Waals surface area contributed by atoms with Crippen LogP contribution in [0.5, 0.6) is 0 Å². The topological polar surface area (TPSA) is 110 Å².